The van der Waals surface area contributed by atoms with E-state index in [0.717, 1.165) is 44.9 Å². The maximum Gasteiger partial charge on any atom is 0.228 e. The van der Waals surface area contributed by atoms with Crippen molar-refractivity contribution in [2.24, 2.45) is 0 Å². The van der Waals surface area contributed by atoms with Crippen LogP contribution < -0.4 is 5.32 Å². The van der Waals surface area contributed by atoms with Gasteiger partial charge in [-0.1, -0.05) is 30.3 Å². The van der Waals surface area contributed by atoms with Crippen LogP contribution in [0.4, 0.5) is 10.1 Å². The molecule has 0 saturated heterocycles. The normalized spacial score (nSPS) is 11.7. The molecule has 0 aliphatic heterocycles. The first kappa shape index (κ1) is 29.9. The molecule has 234 valence electrons. The molecule has 12 heteroatoms. The highest BCUT2D eigenvalue weighted by atomic mass is 32.2. The van der Waals surface area contributed by atoms with E-state index in [0.29, 0.717) is 33.8 Å². The van der Waals surface area contributed by atoms with Crippen LogP contribution in [-0.2, 0) is 27.5 Å². The van der Waals surface area contributed by atoms with Crippen LogP contribution in [0.5, 0.6) is 0 Å². The average molecular weight is 646 g/mol. The second-order valence-electron chi connectivity index (χ2n) is 11.4. The van der Waals surface area contributed by atoms with Gasteiger partial charge in [0.25, 0.3) is 0 Å². The molecule has 0 atom stereocenters. The third-order valence-corrected chi connectivity index (χ3v) is 8.73. The quantitative estimate of drug-likeness (QED) is 0.171. The Kier molecular flexibility index (Phi) is 7.78. The van der Waals surface area contributed by atoms with Gasteiger partial charge in [-0.15, -0.1) is 0 Å². The third kappa shape index (κ3) is 6.63. The Bertz CT molecular complexity index is 2390. The number of aromatic nitrogens is 6. The molecule has 7 rings (SSSR count). The zero-order valence-corrected chi connectivity index (χ0v) is 26.0. The summed E-state index contributed by atoms with van der Waals surface area (Å²) in [6.45, 7) is 0. The van der Waals surface area contributed by atoms with Crippen LogP contribution in [0.15, 0.2) is 97.6 Å². The lowest BCUT2D eigenvalue weighted by Crippen LogP contribution is -2.14. The minimum absolute atomic E-state index is 0.0754. The number of fused-ring (bicyclic) bond motifs is 2. The summed E-state index contributed by atoms with van der Waals surface area (Å²) in [6, 6.07) is 21.6. The largest absolute Gasteiger partial charge is 0.353 e. The maximum absolute atomic E-state index is 14.7. The average Bonchev–Trinajstić information content (AvgIpc) is 3.68. The number of hydrogen-bond acceptors (Lipinski definition) is 7. The summed E-state index contributed by atoms with van der Waals surface area (Å²) in [5.41, 5.74) is 7.45. The van der Waals surface area contributed by atoms with E-state index in [4.69, 9.17) is 0 Å². The first-order valence-electron chi connectivity index (χ1n) is 14.8. The van der Waals surface area contributed by atoms with Crippen molar-refractivity contribution in [2.75, 3.05) is 17.3 Å². The van der Waals surface area contributed by atoms with Crippen LogP contribution in [0, 0.1) is 5.82 Å². The van der Waals surface area contributed by atoms with E-state index < -0.39 is 15.7 Å². The number of benzene rings is 2. The fraction of sp³-hybridized carbons (Fsp3) is 0.114. The van der Waals surface area contributed by atoms with Gasteiger partial charge in [0.05, 0.1) is 41.1 Å². The second-order valence-corrected chi connectivity index (χ2v) is 13.7. The fourth-order valence-corrected chi connectivity index (χ4v) is 6.18. The van der Waals surface area contributed by atoms with Crippen molar-refractivity contribution in [3.05, 3.63) is 115 Å². The second kappa shape index (κ2) is 12.2. The Morgan fingerprint density at radius 1 is 0.872 bits per heavy atom. The molecular weight excluding hydrogens is 617 g/mol. The van der Waals surface area contributed by atoms with Crippen molar-refractivity contribution < 1.29 is 17.6 Å². The molecule has 0 unspecified atom stereocenters. The number of rotatable bonds is 9. The van der Waals surface area contributed by atoms with Crippen LogP contribution in [0.2, 0.25) is 0 Å². The molecule has 5 aromatic heterocycles. The summed E-state index contributed by atoms with van der Waals surface area (Å²) >= 11 is 0. The molecule has 7 aromatic rings. The molecule has 0 saturated carbocycles. The van der Waals surface area contributed by atoms with E-state index in [1.807, 2.05) is 54.6 Å². The van der Waals surface area contributed by atoms with Gasteiger partial charge in [-0.2, -0.15) is 5.10 Å². The van der Waals surface area contributed by atoms with Gasteiger partial charge >= 0.3 is 0 Å². The number of sulfone groups is 1. The first-order chi connectivity index (χ1) is 22.7. The number of amides is 1. The van der Waals surface area contributed by atoms with E-state index in [-0.39, 0.29) is 24.5 Å². The fourth-order valence-electron chi connectivity index (χ4n) is 5.57. The van der Waals surface area contributed by atoms with Gasteiger partial charge in [-0.05, 0) is 60.0 Å². The third-order valence-electron chi connectivity index (χ3n) is 7.78. The Hall–Kier alpha value is -5.75. The summed E-state index contributed by atoms with van der Waals surface area (Å²) in [6.07, 6.45) is 8.27. The van der Waals surface area contributed by atoms with Gasteiger partial charge in [0.15, 0.2) is 5.65 Å². The standard InChI is InChI=1S/C35H28FN7O3S/c1-47(45,46)10-8-22-11-23(14-26(36)12-22)33-28-17-31(41-30(28)7-9-38-33)34-29-16-25(19-39-35(29)43-42-34)24-15-27(20-37-18-24)40-32(44)13-21-5-3-2-4-6-21/h2-7,9,11-12,14-20,41H,8,10,13H2,1H3,(H,40,44)(H,39,42,43). The number of H-pyrrole nitrogens is 2. The van der Waals surface area contributed by atoms with Gasteiger partial charge in [-0.25, -0.2) is 17.8 Å². The molecule has 0 aliphatic rings. The molecule has 0 spiro atoms. The van der Waals surface area contributed by atoms with E-state index >= 15 is 0 Å². The van der Waals surface area contributed by atoms with Crippen LogP contribution in [0.1, 0.15) is 11.1 Å². The lowest BCUT2D eigenvalue weighted by Gasteiger charge is -2.07. The van der Waals surface area contributed by atoms with E-state index in [2.05, 4.69) is 35.5 Å². The summed E-state index contributed by atoms with van der Waals surface area (Å²) in [7, 11) is -3.20. The van der Waals surface area contributed by atoms with Gasteiger partial charge in [0.1, 0.15) is 15.7 Å². The predicted octanol–water partition coefficient (Wildman–Crippen LogP) is 6.14. The molecular formula is C35H28FN7O3S. The van der Waals surface area contributed by atoms with Crippen molar-refractivity contribution in [1.29, 1.82) is 0 Å². The summed E-state index contributed by atoms with van der Waals surface area (Å²) in [5, 5.41) is 11.9. The van der Waals surface area contributed by atoms with Gasteiger partial charge in [-0.3, -0.25) is 19.9 Å². The van der Waals surface area contributed by atoms with Crippen LogP contribution in [0.3, 0.4) is 0 Å². The zero-order valence-electron chi connectivity index (χ0n) is 25.2. The molecule has 5 heterocycles. The van der Waals surface area contributed by atoms with Gasteiger partial charge < -0.3 is 10.3 Å². The van der Waals surface area contributed by atoms with Crippen LogP contribution >= 0.6 is 0 Å². The van der Waals surface area contributed by atoms with E-state index in [1.54, 1.807) is 30.9 Å². The lowest BCUT2D eigenvalue weighted by molar-refractivity contribution is -0.115. The Balaban J connectivity index is 1.20. The number of hydrogen-bond donors (Lipinski definition) is 3. The molecule has 0 radical (unpaired) electrons. The maximum atomic E-state index is 14.7. The number of carbonyl (C=O) groups excluding carboxylic acids is 1. The zero-order chi connectivity index (χ0) is 32.5. The molecule has 1 amide bonds. The Morgan fingerprint density at radius 2 is 1.70 bits per heavy atom. The topological polar surface area (TPSA) is 146 Å². The number of carbonyl (C=O) groups is 1. The summed E-state index contributed by atoms with van der Waals surface area (Å²) in [5.74, 6) is -0.682. The molecule has 0 aliphatic carbocycles. The number of pyridine rings is 3. The smallest absolute Gasteiger partial charge is 0.228 e. The first-order valence-corrected chi connectivity index (χ1v) is 16.8. The number of nitrogens with zero attached hydrogens (tertiary/aromatic N) is 4. The van der Waals surface area contributed by atoms with E-state index in [9.17, 15) is 17.6 Å². The van der Waals surface area contributed by atoms with Crippen molar-refractivity contribution in [1.82, 2.24) is 30.1 Å². The van der Waals surface area contributed by atoms with Crippen LogP contribution in [0.25, 0.3) is 55.7 Å². The summed E-state index contributed by atoms with van der Waals surface area (Å²) in [4.78, 5) is 29.5. The SMILES string of the molecule is CS(=O)(=O)CCc1cc(F)cc(-c2nccc3[nH]c(-c4[nH]nc5ncc(-c6cncc(NC(=O)Cc7ccccc7)c6)cc45)cc23)c1. The lowest BCUT2D eigenvalue weighted by atomic mass is 10.0. The molecule has 47 heavy (non-hydrogen) atoms. The molecule has 10 nitrogen and oxygen atoms in total. The minimum Gasteiger partial charge on any atom is -0.353 e. The Morgan fingerprint density at radius 3 is 2.53 bits per heavy atom. The van der Waals surface area contributed by atoms with E-state index in [1.165, 1.54) is 12.1 Å². The highest BCUT2D eigenvalue weighted by Gasteiger charge is 2.17. The number of anilines is 1. The van der Waals surface area contributed by atoms with Crippen molar-refractivity contribution in [3.63, 3.8) is 0 Å². The highest BCUT2D eigenvalue weighted by Crippen LogP contribution is 2.34. The van der Waals surface area contributed by atoms with Crippen molar-refractivity contribution >= 4 is 43.4 Å². The number of nitrogens with one attached hydrogen (secondary N) is 3. The summed E-state index contributed by atoms with van der Waals surface area (Å²) < 4.78 is 38.1. The van der Waals surface area contributed by atoms with Crippen LogP contribution in [-0.4, -0.2) is 56.5 Å². The van der Waals surface area contributed by atoms with Crippen molar-refractivity contribution in [2.45, 2.75) is 12.8 Å². The number of halogens is 1. The molecule has 2 aromatic carbocycles. The molecule has 0 fully saturated rings. The number of aromatic amines is 2. The van der Waals surface area contributed by atoms with Gasteiger partial charge in [0, 0.05) is 57.8 Å². The highest BCUT2D eigenvalue weighted by molar-refractivity contribution is 7.90. The van der Waals surface area contributed by atoms with Crippen molar-refractivity contribution in [3.8, 4) is 33.8 Å². The number of aryl methyl sites for hydroxylation is 1. The predicted molar refractivity (Wildman–Crippen MR) is 180 cm³/mol. The van der Waals surface area contributed by atoms with Gasteiger partial charge in [0.2, 0.25) is 5.91 Å². The monoisotopic (exact) mass is 645 g/mol. The molecule has 3 N–H and O–H groups in total. The minimum atomic E-state index is -3.20. The molecule has 0 bridgehead atoms. The Labute approximate surface area is 269 Å².